The Bertz CT molecular complexity index is 992. The Kier molecular flexibility index (Phi) is 6.80. The van der Waals surface area contributed by atoms with E-state index < -0.39 is 0 Å². The third kappa shape index (κ3) is 5.11. The summed E-state index contributed by atoms with van der Waals surface area (Å²) in [6, 6.07) is 13.2. The minimum atomic E-state index is -0.211. The number of hydrogen-bond acceptors (Lipinski definition) is 6. The summed E-state index contributed by atoms with van der Waals surface area (Å²) in [4.78, 5) is 25.5. The lowest BCUT2D eigenvalue weighted by Gasteiger charge is -2.15. The molecule has 0 saturated heterocycles. The first kappa shape index (κ1) is 20.3. The summed E-state index contributed by atoms with van der Waals surface area (Å²) in [6.07, 6.45) is 3.47. The lowest BCUT2D eigenvalue weighted by atomic mass is 10.0. The highest BCUT2D eigenvalue weighted by atomic mass is 32.2. The van der Waals surface area contributed by atoms with Crippen LogP contribution in [-0.2, 0) is 0 Å². The van der Waals surface area contributed by atoms with Gasteiger partial charge in [-0.2, -0.15) is 0 Å². The number of amides is 2. The smallest absolute Gasteiger partial charge is 0.315 e. The SMILES string of the molecule is C=Nc1cc(-c2ccc(N)nc2)cc(-c2ccccn2)c1SCNC(=O)NCC. The van der Waals surface area contributed by atoms with Crippen molar-refractivity contribution in [1.29, 1.82) is 0 Å². The molecule has 1 aromatic carbocycles. The first-order valence-corrected chi connectivity index (χ1v) is 10.0. The Morgan fingerprint density at radius 2 is 2.03 bits per heavy atom. The molecule has 0 radical (unpaired) electrons. The molecule has 29 heavy (non-hydrogen) atoms. The predicted octanol–water partition coefficient (Wildman–Crippen LogP) is 4.09. The molecule has 3 aromatic rings. The van der Waals surface area contributed by atoms with Crippen LogP contribution in [0.1, 0.15) is 6.92 Å². The first-order chi connectivity index (χ1) is 14.1. The van der Waals surface area contributed by atoms with Crippen LogP contribution in [0.15, 0.2) is 64.7 Å². The monoisotopic (exact) mass is 406 g/mol. The van der Waals surface area contributed by atoms with Crippen molar-refractivity contribution in [2.75, 3.05) is 18.2 Å². The van der Waals surface area contributed by atoms with Crippen molar-refractivity contribution in [3.05, 3.63) is 54.9 Å². The summed E-state index contributed by atoms with van der Waals surface area (Å²) >= 11 is 1.47. The molecule has 4 N–H and O–H groups in total. The minimum Gasteiger partial charge on any atom is -0.384 e. The number of aliphatic imine (C=N–C) groups is 1. The maximum atomic E-state index is 11.7. The van der Waals surface area contributed by atoms with Crippen LogP contribution in [0.5, 0.6) is 0 Å². The highest BCUT2D eigenvalue weighted by molar-refractivity contribution is 7.99. The van der Waals surface area contributed by atoms with E-state index in [4.69, 9.17) is 5.73 Å². The minimum absolute atomic E-state index is 0.211. The maximum absolute atomic E-state index is 11.7. The molecule has 0 bridgehead atoms. The molecule has 0 fully saturated rings. The molecule has 2 aromatic heterocycles. The lowest BCUT2D eigenvalue weighted by molar-refractivity contribution is 0.243. The molecule has 0 aliphatic carbocycles. The average molecular weight is 407 g/mol. The number of carbonyl (C=O) groups excluding carboxylic acids is 1. The number of rotatable bonds is 7. The van der Waals surface area contributed by atoms with Gasteiger partial charge in [-0.3, -0.25) is 9.98 Å². The van der Waals surface area contributed by atoms with E-state index in [0.717, 1.165) is 27.3 Å². The molecule has 7 nitrogen and oxygen atoms in total. The summed E-state index contributed by atoms with van der Waals surface area (Å²) < 4.78 is 0. The Hall–Kier alpha value is -3.39. The lowest BCUT2D eigenvalue weighted by Crippen LogP contribution is -2.34. The Morgan fingerprint density at radius 3 is 2.69 bits per heavy atom. The number of benzene rings is 1. The number of thioether (sulfide) groups is 1. The topological polar surface area (TPSA) is 105 Å². The van der Waals surface area contributed by atoms with Crippen LogP contribution < -0.4 is 16.4 Å². The zero-order chi connectivity index (χ0) is 20.6. The number of aromatic nitrogens is 2. The zero-order valence-electron chi connectivity index (χ0n) is 16.1. The second-order valence-corrected chi connectivity index (χ2v) is 7.03. The Labute approximate surface area is 173 Å². The molecule has 0 aliphatic rings. The summed E-state index contributed by atoms with van der Waals surface area (Å²) in [5.74, 6) is 0.848. The molecule has 0 saturated carbocycles. The van der Waals surface area contributed by atoms with Crippen molar-refractivity contribution in [2.24, 2.45) is 4.99 Å². The fourth-order valence-electron chi connectivity index (χ4n) is 2.73. The molecule has 0 spiro atoms. The van der Waals surface area contributed by atoms with E-state index in [-0.39, 0.29) is 6.03 Å². The van der Waals surface area contributed by atoms with Gasteiger partial charge in [0.05, 0.1) is 17.3 Å². The molecule has 148 valence electrons. The van der Waals surface area contributed by atoms with Crippen LogP contribution in [-0.4, -0.2) is 35.1 Å². The Morgan fingerprint density at radius 1 is 1.17 bits per heavy atom. The van der Waals surface area contributed by atoms with Crippen LogP contribution in [0.2, 0.25) is 0 Å². The highest BCUT2D eigenvalue weighted by Crippen LogP contribution is 2.41. The van der Waals surface area contributed by atoms with Gasteiger partial charge in [0.25, 0.3) is 0 Å². The summed E-state index contributed by atoms with van der Waals surface area (Å²) in [5, 5.41) is 5.53. The molecule has 8 heteroatoms. The van der Waals surface area contributed by atoms with E-state index in [2.05, 4.69) is 32.3 Å². The molecule has 0 atom stereocenters. The van der Waals surface area contributed by atoms with Gasteiger partial charge in [-0.1, -0.05) is 6.07 Å². The molecule has 2 amide bonds. The number of urea groups is 1. The molecular weight excluding hydrogens is 384 g/mol. The number of carbonyl (C=O) groups is 1. The number of nitrogens with zero attached hydrogens (tertiary/aromatic N) is 3. The normalized spacial score (nSPS) is 10.4. The van der Waals surface area contributed by atoms with Crippen LogP contribution in [0.25, 0.3) is 22.4 Å². The van der Waals surface area contributed by atoms with E-state index in [1.807, 2.05) is 43.3 Å². The van der Waals surface area contributed by atoms with E-state index >= 15 is 0 Å². The molecule has 0 aliphatic heterocycles. The number of pyridine rings is 2. The standard InChI is InChI=1S/C21H22N6OS/c1-3-24-21(28)27-13-29-20-16(17-6-4-5-9-25-17)10-15(11-18(20)23-2)14-7-8-19(22)26-12-14/h4-12H,2-3,13H2,1H3,(H2,22,26)(H2,24,27,28). The van der Waals surface area contributed by atoms with Crippen molar-refractivity contribution >= 4 is 36.0 Å². The van der Waals surface area contributed by atoms with Crippen molar-refractivity contribution in [2.45, 2.75) is 11.8 Å². The highest BCUT2D eigenvalue weighted by Gasteiger charge is 2.15. The summed E-state index contributed by atoms with van der Waals surface area (Å²) in [6.45, 7) is 6.17. The number of anilines is 1. The Balaban J connectivity index is 2.02. The van der Waals surface area contributed by atoms with Gasteiger partial charge in [-0.25, -0.2) is 9.78 Å². The molecule has 3 rings (SSSR count). The number of nitrogen functional groups attached to an aromatic ring is 1. The third-order valence-electron chi connectivity index (χ3n) is 4.09. The van der Waals surface area contributed by atoms with Crippen molar-refractivity contribution in [3.63, 3.8) is 0 Å². The third-order valence-corrected chi connectivity index (χ3v) is 5.09. The summed E-state index contributed by atoms with van der Waals surface area (Å²) in [7, 11) is 0. The van der Waals surface area contributed by atoms with Crippen LogP contribution in [0, 0.1) is 0 Å². The molecule has 2 heterocycles. The van der Waals surface area contributed by atoms with Crippen LogP contribution in [0.3, 0.4) is 0 Å². The van der Waals surface area contributed by atoms with Crippen molar-refractivity contribution < 1.29 is 4.79 Å². The van der Waals surface area contributed by atoms with Crippen LogP contribution in [0.4, 0.5) is 16.3 Å². The van der Waals surface area contributed by atoms with E-state index in [1.165, 1.54) is 11.8 Å². The van der Waals surface area contributed by atoms with Gasteiger partial charge in [0.1, 0.15) is 5.82 Å². The zero-order valence-corrected chi connectivity index (χ0v) is 16.9. The second-order valence-electron chi connectivity index (χ2n) is 6.04. The van der Waals surface area contributed by atoms with Gasteiger partial charge in [0.15, 0.2) is 0 Å². The maximum Gasteiger partial charge on any atom is 0.315 e. The fourth-order valence-corrected chi connectivity index (χ4v) is 3.67. The number of hydrogen-bond donors (Lipinski definition) is 3. The van der Waals surface area contributed by atoms with Gasteiger partial charge >= 0.3 is 6.03 Å². The average Bonchev–Trinajstić information content (AvgIpc) is 2.75. The van der Waals surface area contributed by atoms with Crippen LogP contribution >= 0.6 is 11.8 Å². The van der Waals surface area contributed by atoms with Crippen molar-refractivity contribution in [1.82, 2.24) is 20.6 Å². The van der Waals surface area contributed by atoms with Gasteiger partial charge in [0, 0.05) is 35.0 Å². The van der Waals surface area contributed by atoms with E-state index in [1.54, 1.807) is 18.5 Å². The van der Waals surface area contributed by atoms with E-state index in [0.29, 0.717) is 23.9 Å². The van der Waals surface area contributed by atoms with Gasteiger partial charge < -0.3 is 16.4 Å². The molecule has 0 unspecified atom stereocenters. The molecular formula is C21H22N6OS. The van der Waals surface area contributed by atoms with Gasteiger partial charge in [0.2, 0.25) is 0 Å². The predicted molar refractivity (Wildman–Crippen MR) is 119 cm³/mol. The number of nitrogens with one attached hydrogen (secondary N) is 2. The van der Waals surface area contributed by atoms with Gasteiger partial charge in [-0.15, -0.1) is 11.8 Å². The second kappa shape index (κ2) is 9.70. The quantitative estimate of drug-likeness (QED) is 0.311. The van der Waals surface area contributed by atoms with Gasteiger partial charge in [-0.05, 0) is 55.6 Å². The van der Waals surface area contributed by atoms with Crippen molar-refractivity contribution in [3.8, 4) is 22.4 Å². The number of nitrogens with two attached hydrogens (primary N) is 1. The largest absolute Gasteiger partial charge is 0.384 e. The summed E-state index contributed by atoms with van der Waals surface area (Å²) in [5.41, 5.74) is 9.99. The first-order valence-electron chi connectivity index (χ1n) is 9.05. The fraction of sp³-hybridized carbons (Fsp3) is 0.143. The van der Waals surface area contributed by atoms with E-state index in [9.17, 15) is 4.79 Å².